The topological polar surface area (TPSA) is 77.8 Å². The molecule has 8 heteroatoms. The Morgan fingerprint density at radius 3 is 2.73 bits per heavy atom. The van der Waals surface area contributed by atoms with E-state index in [0.29, 0.717) is 5.92 Å². The first-order valence-electron chi connectivity index (χ1n) is 10.2. The standard InChI is InChI=1S/C22H24N6OS/c1-13(2)19(21-27-26-17-5-4-10-28(17)21)25-20-18-16(11-30-22(18)24-12-23-20)14-6-8-15(29-3)9-7-14/h6-9,11-13,19H,4-5,10H2,1-3H3,(H,23,24,25)/t19-/m1/s1. The molecule has 1 N–H and O–H groups in total. The van der Waals surface area contributed by atoms with Crippen molar-refractivity contribution in [2.45, 2.75) is 39.3 Å². The molecule has 0 saturated carbocycles. The predicted octanol–water partition coefficient (Wildman–Crippen LogP) is 4.71. The second kappa shape index (κ2) is 7.68. The van der Waals surface area contributed by atoms with Gasteiger partial charge >= 0.3 is 0 Å². The fourth-order valence-corrected chi connectivity index (χ4v) is 4.96. The molecule has 154 valence electrons. The summed E-state index contributed by atoms with van der Waals surface area (Å²) >= 11 is 1.63. The van der Waals surface area contributed by atoms with Crippen molar-refractivity contribution in [2.24, 2.45) is 5.92 Å². The largest absolute Gasteiger partial charge is 0.497 e. The van der Waals surface area contributed by atoms with Gasteiger partial charge in [0.1, 0.15) is 28.5 Å². The summed E-state index contributed by atoms with van der Waals surface area (Å²) in [5.41, 5.74) is 2.24. The number of hydrogen-bond acceptors (Lipinski definition) is 7. The van der Waals surface area contributed by atoms with E-state index in [1.54, 1.807) is 24.8 Å². The maximum absolute atomic E-state index is 5.30. The van der Waals surface area contributed by atoms with Crippen LogP contribution in [0.25, 0.3) is 21.3 Å². The molecule has 0 saturated heterocycles. The van der Waals surface area contributed by atoms with Crippen molar-refractivity contribution < 1.29 is 4.74 Å². The van der Waals surface area contributed by atoms with E-state index in [1.807, 2.05) is 12.1 Å². The van der Waals surface area contributed by atoms with Crippen LogP contribution in [0.4, 0.5) is 5.82 Å². The molecular formula is C22H24N6OS. The van der Waals surface area contributed by atoms with Gasteiger partial charge in [-0.2, -0.15) is 0 Å². The van der Waals surface area contributed by atoms with Crippen molar-refractivity contribution in [1.82, 2.24) is 24.7 Å². The number of aromatic nitrogens is 5. The molecule has 3 aromatic heterocycles. The molecule has 5 rings (SSSR count). The second-order valence-electron chi connectivity index (χ2n) is 7.88. The van der Waals surface area contributed by atoms with Crippen LogP contribution in [-0.4, -0.2) is 31.8 Å². The van der Waals surface area contributed by atoms with Crippen molar-refractivity contribution >= 4 is 27.4 Å². The number of hydrogen-bond donors (Lipinski definition) is 1. The van der Waals surface area contributed by atoms with E-state index in [9.17, 15) is 0 Å². The average Bonchev–Trinajstić information content (AvgIpc) is 3.48. The first-order valence-corrected chi connectivity index (χ1v) is 11.1. The summed E-state index contributed by atoms with van der Waals surface area (Å²) in [6.45, 7) is 5.38. The highest BCUT2D eigenvalue weighted by Crippen LogP contribution is 2.39. The Morgan fingerprint density at radius 1 is 1.13 bits per heavy atom. The van der Waals surface area contributed by atoms with Crippen LogP contribution in [0.2, 0.25) is 0 Å². The number of nitrogens with one attached hydrogen (secondary N) is 1. The molecule has 0 aliphatic carbocycles. The minimum Gasteiger partial charge on any atom is -0.497 e. The lowest BCUT2D eigenvalue weighted by molar-refractivity contribution is 0.415. The number of fused-ring (bicyclic) bond motifs is 2. The fourth-order valence-electron chi connectivity index (χ4n) is 4.05. The van der Waals surface area contributed by atoms with Gasteiger partial charge in [-0.05, 0) is 30.0 Å². The number of aryl methyl sites for hydroxylation is 1. The molecule has 4 aromatic rings. The minimum absolute atomic E-state index is 0.0195. The first kappa shape index (κ1) is 19.0. The van der Waals surface area contributed by atoms with Crippen LogP contribution in [0, 0.1) is 5.92 Å². The van der Waals surface area contributed by atoms with Gasteiger partial charge in [-0.25, -0.2) is 9.97 Å². The van der Waals surface area contributed by atoms with Gasteiger partial charge in [0.2, 0.25) is 0 Å². The highest BCUT2D eigenvalue weighted by Gasteiger charge is 2.27. The lowest BCUT2D eigenvalue weighted by atomic mass is 10.0. The number of rotatable bonds is 6. The van der Waals surface area contributed by atoms with Crippen LogP contribution in [0.3, 0.4) is 0 Å². The summed E-state index contributed by atoms with van der Waals surface area (Å²) in [6, 6.07) is 8.12. The third-order valence-electron chi connectivity index (χ3n) is 5.65. The van der Waals surface area contributed by atoms with Crippen molar-refractivity contribution in [3.8, 4) is 16.9 Å². The molecule has 0 spiro atoms. The third kappa shape index (κ3) is 3.21. The molecule has 7 nitrogen and oxygen atoms in total. The molecule has 0 unspecified atom stereocenters. The zero-order valence-corrected chi connectivity index (χ0v) is 18.1. The summed E-state index contributed by atoms with van der Waals surface area (Å²) in [4.78, 5) is 10.1. The quantitative estimate of drug-likeness (QED) is 0.487. The number of anilines is 1. The van der Waals surface area contributed by atoms with Gasteiger partial charge in [0.15, 0.2) is 5.82 Å². The third-order valence-corrected chi connectivity index (χ3v) is 6.53. The summed E-state index contributed by atoms with van der Waals surface area (Å²) in [7, 11) is 1.68. The summed E-state index contributed by atoms with van der Waals surface area (Å²) in [6.07, 6.45) is 3.76. The first-order chi connectivity index (χ1) is 14.7. The SMILES string of the molecule is COc1ccc(-c2csc3ncnc(N[C@@H](c4nnc5n4CCC5)C(C)C)c23)cc1. The number of benzene rings is 1. The number of thiophene rings is 1. The Bertz CT molecular complexity index is 1180. The molecule has 1 aliphatic heterocycles. The van der Waals surface area contributed by atoms with E-state index in [-0.39, 0.29) is 6.04 Å². The van der Waals surface area contributed by atoms with E-state index in [2.05, 4.69) is 61.4 Å². The maximum atomic E-state index is 5.30. The van der Waals surface area contributed by atoms with E-state index in [1.165, 1.54) is 0 Å². The lowest BCUT2D eigenvalue weighted by Crippen LogP contribution is -2.22. The molecule has 1 aliphatic rings. The van der Waals surface area contributed by atoms with Crippen molar-refractivity contribution in [3.05, 3.63) is 47.6 Å². The number of methoxy groups -OCH3 is 1. The predicted molar refractivity (Wildman–Crippen MR) is 119 cm³/mol. The van der Waals surface area contributed by atoms with Crippen LogP contribution in [0.15, 0.2) is 36.0 Å². The zero-order valence-electron chi connectivity index (χ0n) is 17.3. The second-order valence-corrected chi connectivity index (χ2v) is 8.73. The van der Waals surface area contributed by atoms with Gasteiger partial charge in [-0.1, -0.05) is 26.0 Å². The molecule has 0 amide bonds. The average molecular weight is 421 g/mol. The molecule has 0 fully saturated rings. The van der Waals surface area contributed by atoms with E-state index < -0.39 is 0 Å². The van der Waals surface area contributed by atoms with E-state index in [0.717, 1.165) is 63.9 Å². The van der Waals surface area contributed by atoms with E-state index >= 15 is 0 Å². The summed E-state index contributed by atoms with van der Waals surface area (Å²) in [5.74, 6) is 4.08. The van der Waals surface area contributed by atoms with Crippen LogP contribution < -0.4 is 10.1 Å². The fraction of sp³-hybridized carbons (Fsp3) is 0.364. The lowest BCUT2D eigenvalue weighted by Gasteiger charge is -2.23. The number of nitrogens with zero attached hydrogens (tertiary/aromatic N) is 5. The van der Waals surface area contributed by atoms with Gasteiger partial charge in [0.05, 0.1) is 18.5 Å². The van der Waals surface area contributed by atoms with Gasteiger partial charge < -0.3 is 14.6 Å². The maximum Gasteiger partial charge on any atom is 0.155 e. The van der Waals surface area contributed by atoms with Crippen molar-refractivity contribution in [3.63, 3.8) is 0 Å². The normalized spacial score (nSPS) is 14.3. The Labute approximate surface area is 179 Å². The highest BCUT2D eigenvalue weighted by atomic mass is 32.1. The minimum atomic E-state index is 0.0195. The van der Waals surface area contributed by atoms with Gasteiger partial charge in [-0.3, -0.25) is 0 Å². The Morgan fingerprint density at radius 2 is 1.97 bits per heavy atom. The molecule has 0 bridgehead atoms. The van der Waals surface area contributed by atoms with E-state index in [4.69, 9.17) is 4.74 Å². The van der Waals surface area contributed by atoms with Crippen LogP contribution in [-0.2, 0) is 13.0 Å². The summed E-state index contributed by atoms with van der Waals surface area (Å²) in [5, 5.41) is 15.8. The highest BCUT2D eigenvalue weighted by molar-refractivity contribution is 7.17. The smallest absolute Gasteiger partial charge is 0.155 e. The van der Waals surface area contributed by atoms with Crippen LogP contribution in [0.1, 0.15) is 38.0 Å². The van der Waals surface area contributed by atoms with Crippen LogP contribution >= 0.6 is 11.3 Å². The van der Waals surface area contributed by atoms with Crippen molar-refractivity contribution in [2.75, 3.05) is 12.4 Å². The van der Waals surface area contributed by atoms with Crippen molar-refractivity contribution in [1.29, 1.82) is 0 Å². The summed E-state index contributed by atoms with van der Waals surface area (Å²) < 4.78 is 7.56. The molecule has 1 atom stereocenters. The number of ether oxygens (including phenoxy) is 1. The van der Waals surface area contributed by atoms with Gasteiger partial charge in [0, 0.05) is 23.9 Å². The Balaban J connectivity index is 1.57. The Hall–Kier alpha value is -3.00. The molecule has 0 radical (unpaired) electrons. The zero-order chi connectivity index (χ0) is 20.7. The van der Waals surface area contributed by atoms with Gasteiger partial charge in [0.25, 0.3) is 0 Å². The van der Waals surface area contributed by atoms with Crippen LogP contribution in [0.5, 0.6) is 5.75 Å². The van der Waals surface area contributed by atoms with Gasteiger partial charge in [-0.15, -0.1) is 21.5 Å². The Kier molecular flexibility index (Phi) is 4.86. The molecule has 1 aromatic carbocycles. The molecule has 4 heterocycles. The molecule has 30 heavy (non-hydrogen) atoms. The monoisotopic (exact) mass is 420 g/mol. The molecular weight excluding hydrogens is 396 g/mol.